The molecule has 1 aliphatic rings. The monoisotopic (exact) mass is 433 g/mol. The Morgan fingerprint density at radius 3 is 2.33 bits per heavy atom. The number of carbonyl (C=O) groups excluding carboxylic acids is 2. The van der Waals surface area contributed by atoms with Crippen LogP contribution in [0.2, 0.25) is 0 Å². The first-order valence-electron chi connectivity index (χ1n) is 9.61. The molecular formula is C21H24FN3O4S. The van der Waals surface area contributed by atoms with Crippen molar-refractivity contribution in [1.82, 2.24) is 10.2 Å². The van der Waals surface area contributed by atoms with Crippen molar-refractivity contribution in [3.05, 3.63) is 65.5 Å². The lowest BCUT2D eigenvalue weighted by Crippen LogP contribution is -2.43. The molecular weight excluding hydrogens is 409 g/mol. The van der Waals surface area contributed by atoms with E-state index in [-0.39, 0.29) is 24.3 Å². The summed E-state index contributed by atoms with van der Waals surface area (Å²) in [5.74, 6) is -0.916. The number of nitrogens with one attached hydrogen (secondary N) is 2. The number of hydrogen-bond acceptors (Lipinski definition) is 4. The fourth-order valence-corrected chi connectivity index (χ4v) is 4.02. The standard InChI is InChI=1S/C21H24FN3O4S/c1-30(28,29)24-19-5-3-2-4-17(19)14-23-20(26)15-10-12-25(13-11-15)21(27)16-6-8-18(22)9-7-16/h2-9,15,24H,10-14H2,1H3,(H,23,26). The number of hydrogen-bond donors (Lipinski definition) is 2. The average molecular weight is 434 g/mol. The lowest BCUT2D eigenvalue weighted by Gasteiger charge is -2.31. The number of anilines is 1. The second-order valence-electron chi connectivity index (χ2n) is 7.32. The number of likely N-dealkylation sites (tertiary alicyclic amines) is 1. The second-order valence-corrected chi connectivity index (χ2v) is 9.07. The Balaban J connectivity index is 1.53. The highest BCUT2D eigenvalue weighted by molar-refractivity contribution is 7.92. The minimum absolute atomic E-state index is 0.127. The average Bonchev–Trinajstić information content (AvgIpc) is 2.72. The first-order chi connectivity index (χ1) is 14.2. The van der Waals surface area contributed by atoms with Gasteiger partial charge in [0, 0.05) is 31.1 Å². The number of piperidine rings is 1. The van der Waals surface area contributed by atoms with E-state index in [0.29, 0.717) is 42.7 Å². The van der Waals surface area contributed by atoms with Gasteiger partial charge in [-0.2, -0.15) is 0 Å². The number of nitrogens with zero attached hydrogens (tertiary/aromatic N) is 1. The summed E-state index contributed by atoms with van der Waals surface area (Å²) in [7, 11) is -3.42. The molecule has 1 saturated heterocycles. The molecule has 3 rings (SSSR count). The van der Waals surface area contributed by atoms with Gasteiger partial charge in [-0.05, 0) is 48.7 Å². The van der Waals surface area contributed by atoms with Crippen molar-refractivity contribution < 1.29 is 22.4 Å². The van der Waals surface area contributed by atoms with Gasteiger partial charge in [0.15, 0.2) is 0 Å². The predicted molar refractivity (Wildman–Crippen MR) is 112 cm³/mol. The molecule has 30 heavy (non-hydrogen) atoms. The van der Waals surface area contributed by atoms with Crippen molar-refractivity contribution in [2.24, 2.45) is 5.92 Å². The molecule has 1 fully saturated rings. The van der Waals surface area contributed by atoms with Crippen LogP contribution in [-0.2, 0) is 21.4 Å². The third-order valence-electron chi connectivity index (χ3n) is 5.01. The molecule has 0 spiro atoms. The van der Waals surface area contributed by atoms with E-state index in [1.165, 1.54) is 24.3 Å². The summed E-state index contributed by atoms with van der Waals surface area (Å²) >= 11 is 0. The number of carbonyl (C=O) groups is 2. The van der Waals surface area contributed by atoms with Gasteiger partial charge in [0.05, 0.1) is 11.9 Å². The first-order valence-corrected chi connectivity index (χ1v) is 11.5. The van der Waals surface area contributed by atoms with E-state index in [0.717, 1.165) is 6.26 Å². The number of halogens is 1. The Labute approximate surface area is 175 Å². The zero-order valence-electron chi connectivity index (χ0n) is 16.6. The van der Waals surface area contributed by atoms with Gasteiger partial charge in [-0.25, -0.2) is 12.8 Å². The summed E-state index contributed by atoms with van der Waals surface area (Å²) in [4.78, 5) is 26.7. The van der Waals surface area contributed by atoms with Crippen molar-refractivity contribution in [2.75, 3.05) is 24.1 Å². The van der Waals surface area contributed by atoms with Crippen LogP contribution in [0, 0.1) is 11.7 Å². The van der Waals surface area contributed by atoms with Gasteiger partial charge in [-0.3, -0.25) is 14.3 Å². The van der Waals surface area contributed by atoms with Gasteiger partial charge in [0.1, 0.15) is 5.82 Å². The molecule has 1 heterocycles. The van der Waals surface area contributed by atoms with Crippen LogP contribution < -0.4 is 10.0 Å². The van der Waals surface area contributed by atoms with Gasteiger partial charge in [-0.15, -0.1) is 0 Å². The lowest BCUT2D eigenvalue weighted by atomic mass is 9.95. The van der Waals surface area contributed by atoms with Crippen LogP contribution in [0.5, 0.6) is 0 Å². The minimum atomic E-state index is -3.42. The first kappa shape index (κ1) is 21.8. The van der Waals surface area contributed by atoms with Gasteiger partial charge < -0.3 is 10.2 Å². The fraction of sp³-hybridized carbons (Fsp3) is 0.333. The van der Waals surface area contributed by atoms with E-state index >= 15 is 0 Å². The molecule has 1 aliphatic heterocycles. The molecule has 0 unspecified atom stereocenters. The number of para-hydroxylation sites is 1. The maximum atomic E-state index is 13.0. The largest absolute Gasteiger partial charge is 0.352 e. The van der Waals surface area contributed by atoms with E-state index < -0.39 is 15.8 Å². The van der Waals surface area contributed by atoms with Crippen LogP contribution in [0.3, 0.4) is 0 Å². The van der Waals surface area contributed by atoms with Crippen molar-refractivity contribution in [3.8, 4) is 0 Å². The maximum Gasteiger partial charge on any atom is 0.253 e. The highest BCUT2D eigenvalue weighted by atomic mass is 32.2. The molecule has 2 aromatic rings. The topological polar surface area (TPSA) is 95.6 Å². The van der Waals surface area contributed by atoms with Gasteiger partial charge >= 0.3 is 0 Å². The second kappa shape index (κ2) is 9.25. The summed E-state index contributed by atoms with van der Waals surface area (Å²) < 4.78 is 38.5. The zero-order valence-corrected chi connectivity index (χ0v) is 17.4. The highest BCUT2D eigenvalue weighted by Crippen LogP contribution is 2.21. The Bertz CT molecular complexity index is 1020. The van der Waals surface area contributed by atoms with Gasteiger partial charge in [-0.1, -0.05) is 18.2 Å². The van der Waals surface area contributed by atoms with Crippen molar-refractivity contribution in [2.45, 2.75) is 19.4 Å². The molecule has 0 aromatic heterocycles. The molecule has 0 saturated carbocycles. The predicted octanol–water partition coefficient (Wildman–Crippen LogP) is 2.37. The van der Waals surface area contributed by atoms with Crippen LogP contribution >= 0.6 is 0 Å². The number of amides is 2. The van der Waals surface area contributed by atoms with Crippen LogP contribution in [0.25, 0.3) is 0 Å². The van der Waals surface area contributed by atoms with Crippen LogP contribution in [-0.4, -0.2) is 44.5 Å². The summed E-state index contributed by atoms with van der Waals surface area (Å²) in [5.41, 5.74) is 1.52. The highest BCUT2D eigenvalue weighted by Gasteiger charge is 2.27. The molecule has 7 nitrogen and oxygen atoms in total. The molecule has 0 aliphatic carbocycles. The van der Waals surface area contributed by atoms with Gasteiger partial charge in [0.2, 0.25) is 15.9 Å². The Kier molecular flexibility index (Phi) is 6.71. The zero-order chi connectivity index (χ0) is 21.7. The molecule has 160 valence electrons. The smallest absolute Gasteiger partial charge is 0.253 e. The van der Waals surface area contributed by atoms with E-state index in [1.807, 2.05) is 0 Å². The normalized spacial score (nSPS) is 14.9. The molecule has 2 N–H and O–H groups in total. The molecule has 2 aromatic carbocycles. The quantitative estimate of drug-likeness (QED) is 0.731. The molecule has 2 amide bonds. The van der Waals surface area contributed by atoms with Crippen molar-refractivity contribution >= 4 is 27.5 Å². The molecule has 9 heteroatoms. The van der Waals surface area contributed by atoms with Gasteiger partial charge in [0.25, 0.3) is 5.91 Å². The third-order valence-corrected chi connectivity index (χ3v) is 5.60. The summed E-state index contributed by atoms with van der Waals surface area (Å²) in [6.45, 7) is 1.09. The Morgan fingerprint density at radius 2 is 1.70 bits per heavy atom. The molecule has 0 bridgehead atoms. The number of sulfonamides is 1. The molecule has 0 radical (unpaired) electrons. The van der Waals surface area contributed by atoms with Crippen molar-refractivity contribution in [3.63, 3.8) is 0 Å². The SMILES string of the molecule is CS(=O)(=O)Nc1ccccc1CNC(=O)C1CCN(C(=O)c2ccc(F)cc2)CC1. The number of benzene rings is 2. The van der Waals surface area contributed by atoms with E-state index in [9.17, 15) is 22.4 Å². The summed E-state index contributed by atoms with van der Waals surface area (Å²) in [5, 5.41) is 2.86. The summed E-state index contributed by atoms with van der Waals surface area (Å²) in [6.07, 6.45) is 2.13. The Morgan fingerprint density at radius 1 is 1.07 bits per heavy atom. The van der Waals surface area contributed by atoms with E-state index in [2.05, 4.69) is 10.0 Å². The fourth-order valence-electron chi connectivity index (χ4n) is 3.42. The Hall–Kier alpha value is -2.94. The van der Waals surface area contributed by atoms with Crippen molar-refractivity contribution in [1.29, 1.82) is 0 Å². The van der Waals surface area contributed by atoms with Crippen LogP contribution in [0.4, 0.5) is 10.1 Å². The molecule has 0 atom stereocenters. The summed E-state index contributed by atoms with van der Waals surface area (Å²) in [6, 6.07) is 12.3. The number of rotatable bonds is 6. The van der Waals surface area contributed by atoms with E-state index in [4.69, 9.17) is 0 Å². The third kappa shape index (κ3) is 5.79. The minimum Gasteiger partial charge on any atom is -0.352 e. The lowest BCUT2D eigenvalue weighted by molar-refractivity contribution is -0.126. The maximum absolute atomic E-state index is 13.0. The van der Waals surface area contributed by atoms with Crippen LogP contribution in [0.15, 0.2) is 48.5 Å². The van der Waals surface area contributed by atoms with Crippen LogP contribution in [0.1, 0.15) is 28.8 Å². The van der Waals surface area contributed by atoms with E-state index in [1.54, 1.807) is 29.2 Å².